The van der Waals surface area contributed by atoms with Crippen molar-refractivity contribution in [2.75, 3.05) is 20.1 Å². The van der Waals surface area contributed by atoms with Crippen molar-refractivity contribution in [3.63, 3.8) is 0 Å². The lowest BCUT2D eigenvalue weighted by Crippen LogP contribution is -2.31. The third-order valence-electron chi connectivity index (χ3n) is 6.70. The first-order valence-electron chi connectivity index (χ1n) is 11.5. The Labute approximate surface area is 196 Å². The van der Waals surface area contributed by atoms with Crippen molar-refractivity contribution in [3.05, 3.63) is 64.4 Å². The van der Waals surface area contributed by atoms with E-state index in [-0.39, 0.29) is 28.7 Å². The van der Waals surface area contributed by atoms with Gasteiger partial charge >= 0.3 is 0 Å². The number of fused-ring (bicyclic) bond motifs is 1. The van der Waals surface area contributed by atoms with E-state index >= 15 is 0 Å². The average Bonchev–Trinajstić information content (AvgIpc) is 2.97. The molecule has 4 rings (SSSR count). The summed E-state index contributed by atoms with van der Waals surface area (Å²) in [5.74, 6) is 0.0981. The summed E-state index contributed by atoms with van der Waals surface area (Å²) in [5.41, 5.74) is 3.37. The van der Waals surface area contributed by atoms with E-state index in [2.05, 4.69) is 0 Å². The number of furan rings is 1. The summed E-state index contributed by atoms with van der Waals surface area (Å²) in [6.45, 7) is 7.20. The molecule has 2 heterocycles. The Balaban J connectivity index is 1.80. The second-order valence-corrected chi connectivity index (χ2v) is 11.0. The molecule has 1 aliphatic rings. The third kappa shape index (κ3) is 4.44. The molecule has 0 unspecified atom stereocenters. The first kappa shape index (κ1) is 23.5. The van der Waals surface area contributed by atoms with Gasteiger partial charge in [0.2, 0.25) is 10.0 Å². The number of likely N-dealkylation sites (tertiary alicyclic amines) is 1. The molecule has 0 bridgehead atoms. The molecule has 1 saturated heterocycles. The average molecular weight is 469 g/mol. The standard InChI is InChI=1S/C26H32N2O4S/c1-18-16-22-20(3)23(26(29)28-14-10-5-6-11-15-28)32-24(22)25(19(18)2)33(30,31)27(4)17-21-12-8-7-9-13-21/h7-9,12-13,16H,5-6,10-11,14-15,17H2,1-4H3. The molecule has 2 aromatic carbocycles. The summed E-state index contributed by atoms with van der Waals surface area (Å²) in [6.07, 6.45) is 4.20. The Morgan fingerprint density at radius 1 is 1.00 bits per heavy atom. The molecule has 0 saturated carbocycles. The molecule has 0 N–H and O–H groups in total. The summed E-state index contributed by atoms with van der Waals surface area (Å²) in [6, 6.07) is 11.4. The monoisotopic (exact) mass is 468 g/mol. The Kier molecular flexibility index (Phi) is 6.64. The van der Waals surface area contributed by atoms with Gasteiger partial charge in [-0.25, -0.2) is 8.42 Å². The van der Waals surface area contributed by atoms with E-state index in [1.165, 1.54) is 4.31 Å². The number of aryl methyl sites for hydroxylation is 2. The molecular formula is C26H32N2O4S. The maximum Gasteiger partial charge on any atom is 0.289 e. The SMILES string of the molecule is Cc1cc2c(C)c(C(=O)N3CCCCCC3)oc2c(S(=O)(=O)N(C)Cc2ccccc2)c1C. The van der Waals surface area contributed by atoms with E-state index in [1.54, 1.807) is 14.0 Å². The van der Waals surface area contributed by atoms with Gasteiger partial charge in [0.15, 0.2) is 11.3 Å². The van der Waals surface area contributed by atoms with Crippen molar-refractivity contribution in [1.82, 2.24) is 9.21 Å². The van der Waals surface area contributed by atoms with Crippen LogP contribution in [0.1, 0.15) is 58.5 Å². The molecule has 1 amide bonds. The smallest absolute Gasteiger partial charge is 0.289 e. The minimum atomic E-state index is -3.86. The number of sulfonamides is 1. The lowest BCUT2D eigenvalue weighted by molar-refractivity contribution is 0.0731. The van der Waals surface area contributed by atoms with Crippen LogP contribution in [0.25, 0.3) is 11.0 Å². The van der Waals surface area contributed by atoms with E-state index in [4.69, 9.17) is 4.42 Å². The fraction of sp³-hybridized carbons (Fsp3) is 0.423. The predicted octanol–water partition coefficient (Wildman–Crippen LogP) is 5.19. The van der Waals surface area contributed by atoms with Crippen LogP contribution in [0.4, 0.5) is 0 Å². The fourth-order valence-electron chi connectivity index (χ4n) is 4.56. The number of hydrogen-bond donors (Lipinski definition) is 0. The highest BCUT2D eigenvalue weighted by Gasteiger charge is 2.32. The molecule has 33 heavy (non-hydrogen) atoms. The van der Waals surface area contributed by atoms with Gasteiger partial charge in [0, 0.05) is 37.6 Å². The number of rotatable bonds is 5. The van der Waals surface area contributed by atoms with Crippen LogP contribution < -0.4 is 0 Å². The summed E-state index contributed by atoms with van der Waals surface area (Å²) < 4.78 is 34.9. The zero-order chi connectivity index (χ0) is 23.8. The second-order valence-electron chi connectivity index (χ2n) is 9.03. The van der Waals surface area contributed by atoms with Gasteiger partial charge in [0.25, 0.3) is 5.91 Å². The first-order chi connectivity index (χ1) is 15.7. The lowest BCUT2D eigenvalue weighted by Gasteiger charge is -2.20. The van der Waals surface area contributed by atoms with Crippen LogP contribution in [0.5, 0.6) is 0 Å². The van der Waals surface area contributed by atoms with Crippen molar-refractivity contribution >= 4 is 26.9 Å². The van der Waals surface area contributed by atoms with Crippen LogP contribution >= 0.6 is 0 Å². The van der Waals surface area contributed by atoms with Gasteiger partial charge < -0.3 is 9.32 Å². The van der Waals surface area contributed by atoms with Gasteiger partial charge in [-0.1, -0.05) is 43.2 Å². The first-order valence-corrected chi connectivity index (χ1v) is 13.0. The molecular weight excluding hydrogens is 436 g/mol. The van der Waals surface area contributed by atoms with Crippen LogP contribution in [0.3, 0.4) is 0 Å². The zero-order valence-corrected chi connectivity index (χ0v) is 20.7. The molecule has 0 atom stereocenters. The zero-order valence-electron chi connectivity index (χ0n) is 19.8. The van der Waals surface area contributed by atoms with E-state index < -0.39 is 10.0 Å². The molecule has 6 nitrogen and oxygen atoms in total. The predicted molar refractivity (Wildman–Crippen MR) is 130 cm³/mol. The number of amides is 1. The largest absolute Gasteiger partial charge is 0.449 e. The van der Waals surface area contributed by atoms with Crippen molar-refractivity contribution in [1.29, 1.82) is 0 Å². The summed E-state index contributed by atoms with van der Waals surface area (Å²) in [5, 5.41) is 0.683. The van der Waals surface area contributed by atoms with Crippen LogP contribution in [0.2, 0.25) is 0 Å². The number of hydrogen-bond acceptors (Lipinski definition) is 4. The second kappa shape index (κ2) is 9.31. The van der Waals surface area contributed by atoms with Gasteiger partial charge in [-0.2, -0.15) is 4.31 Å². The highest BCUT2D eigenvalue weighted by molar-refractivity contribution is 7.89. The molecule has 1 fully saturated rings. The minimum Gasteiger partial charge on any atom is -0.449 e. The third-order valence-corrected chi connectivity index (χ3v) is 8.65. The number of carbonyl (C=O) groups is 1. The number of nitrogens with zero attached hydrogens (tertiary/aromatic N) is 2. The lowest BCUT2D eigenvalue weighted by atomic mass is 10.0. The van der Waals surface area contributed by atoms with Gasteiger partial charge in [0.1, 0.15) is 4.90 Å². The van der Waals surface area contributed by atoms with E-state index in [9.17, 15) is 13.2 Å². The highest BCUT2D eigenvalue weighted by Crippen LogP contribution is 2.36. The van der Waals surface area contributed by atoms with Crippen molar-refractivity contribution < 1.29 is 17.6 Å². The van der Waals surface area contributed by atoms with Gasteiger partial charge in [-0.3, -0.25) is 4.79 Å². The van der Waals surface area contributed by atoms with Crippen molar-refractivity contribution in [2.45, 2.75) is 57.9 Å². The number of carbonyl (C=O) groups excluding carboxylic acids is 1. The Bertz CT molecular complexity index is 1270. The molecule has 0 spiro atoms. The fourth-order valence-corrected chi connectivity index (χ4v) is 6.12. The Morgan fingerprint density at radius 2 is 1.64 bits per heavy atom. The normalized spacial score (nSPS) is 15.2. The van der Waals surface area contributed by atoms with E-state index in [1.807, 2.05) is 55.1 Å². The van der Waals surface area contributed by atoms with Crippen LogP contribution in [0.15, 0.2) is 45.7 Å². The molecule has 1 aliphatic heterocycles. The molecule has 7 heteroatoms. The molecule has 0 aliphatic carbocycles. The maximum absolute atomic E-state index is 13.7. The topological polar surface area (TPSA) is 70.8 Å². The molecule has 1 aromatic heterocycles. The Hall–Kier alpha value is -2.64. The summed E-state index contributed by atoms with van der Waals surface area (Å²) in [4.78, 5) is 15.3. The molecule has 176 valence electrons. The maximum atomic E-state index is 13.7. The van der Waals surface area contributed by atoms with Crippen LogP contribution in [-0.4, -0.2) is 43.7 Å². The molecule has 3 aromatic rings. The Morgan fingerprint density at radius 3 is 2.27 bits per heavy atom. The van der Waals surface area contributed by atoms with Crippen LogP contribution in [-0.2, 0) is 16.6 Å². The van der Waals surface area contributed by atoms with Crippen LogP contribution in [0, 0.1) is 20.8 Å². The van der Waals surface area contributed by atoms with Crippen molar-refractivity contribution in [3.8, 4) is 0 Å². The minimum absolute atomic E-state index is 0.147. The van der Waals surface area contributed by atoms with Gasteiger partial charge in [-0.05, 0) is 56.4 Å². The van der Waals surface area contributed by atoms with Crippen molar-refractivity contribution in [2.24, 2.45) is 0 Å². The highest BCUT2D eigenvalue weighted by atomic mass is 32.2. The summed E-state index contributed by atoms with van der Waals surface area (Å²) in [7, 11) is -2.28. The van der Waals surface area contributed by atoms with E-state index in [0.29, 0.717) is 29.6 Å². The summed E-state index contributed by atoms with van der Waals surface area (Å²) >= 11 is 0. The quantitative estimate of drug-likeness (QED) is 0.516. The molecule has 0 radical (unpaired) electrons. The van der Waals surface area contributed by atoms with E-state index in [0.717, 1.165) is 36.8 Å². The van der Waals surface area contributed by atoms with Gasteiger partial charge in [0.05, 0.1) is 0 Å². The van der Waals surface area contributed by atoms with Gasteiger partial charge in [-0.15, -0.1) is 0 Å². The number of benzene rings is 2.